The smallest absolute Gasteiger partial charge is 0.246 e. The Balaban J connectivity index is 1.38. The van der Waals surface area contributed by atoms with Crippen LogP contribution in [0.2, 0.25) is 0 Å². The van der Waals surface area contributed by atoms with Crippen molar-refractivity contribution in [3.63, 3.8) is 0 Å². The predicted octanol–water partition coefficient (Wildman–Crippen LogP) is 0.886. The summed E-state index contributed by atoms with van der Waals surface area (Å²) in [7, 11) is 0. The molecule has 0 bridgehead atoms. The Kier molecular flexibility index (Phi) is 3.49. The topological polar surface area (TPSA) is 81.7 Å². The first-order valence-electron chi connectivity index (χ1n) is 7.71. The molecule has 1 amide bonds. The molecule has 0 spiro atoms. The molecule has 0 atom stereocenters. The summed E-state index contributed by atoms with van der Waals surface area (Å²) >= 11 is 0. The fourth-order valence-electron chi connectivity index (χ4n) is 3.01. The van der Waals surface area contributed by atoms with Gasteiger partial charge in [0, 0.05) is 19.1 Å². The van der Waals surface area contributed by atoms with Gasteiger partial charge in [-0.25, -0.2) is 0 Å². The monoisotopic (exact) mass is 311 g/mol. The third-order valence-electron chi connectivity index (χ3n) is 4.28. The molecule has 4 rings (SSSR count). The summed E-state index contributed by atoms with van der Waals surface area (Å²) in [6.07, 6.45) is 5.30. The highest BCUT2D eigenvalue weighted by Crippen LogP contribution is 2.21. The molecule has 2 aromatic heterocycles. The third-order valence-corrected chi connectivity index (χ3v) is 4.28. The Morgan fingerprint density at radius 1 is 1.04 bits per heavy atom. The minimum Gasteiger partial charge on any atom is -0.341 e. The van der Waals surface area contributed by atoms with E-state index in [-0.39, 0.29) is 12.5 Å². The van der Waals surface area contributed by atoms with Gasteiger partial charge in [0.1, 0.15) is 30.2 Å². The number of likely N-dealkylation sites (tertiary alicyclic amines) is 1. The molecule has 23 heavy (non-hydrogen) atoms. The van der Waals surface area contributed by atoms with Crippen LogP contribution in [0.4, 0.5) is 0 Å². The van der Waals surface area contributed by atoms with Gasteiger partial charge in [-0.15, -0.1) is 10.2 Å². The molecule has 0 unspecified atom stereocenters. The van der Waals surface area contributed by atoms with Crippen molar-refractivity contribution in [2.75, 3.05) is 13.1 Å². The Bertz CT molecular complexity index is 769. The van der Waals surface area contributed by atoms with Gasteiger partial charge < -0.3 is 9.47 Å². The lowest BCUT2D eigenvalue weighted by Crippen LogP contribution is -2.40. The van der Waals surface area contributed by atoms with Gasteiger partial charge >= 0.3 is 0 Å². The minimum absolute atomic E-state index is 0.0625. The standard InChI is InChI=1S/C15H17N7O/c23-15(9-22-18-13-3-1-2-4-14(13)19-22)20-7-5-12(6-8-20)21-10-16-17-11-21/h1-4,10-12H,5-9H2. The van der Waals surface area contributed by atoms with Crippen molar-refractivity contribution in [1.82, 2.24) is 34.7 Å². The number of rotatable bonds is 3. The van der Waals surface area contributed by atoms with Crippen molar-refractivity contribution < 1.29 is 4.79 Å². The summed E-state index contributed by atoms with van der Waals surface area (Å²) in [5.74, 6) is 0.0625. The van der Waals surface area contributed by atoms with E-state index in [1.807, 2.05) is 33.7 Å². The van der Waals surface area contributed by atoms with E-state index in [1.54, 1.807) is 12.7 Å². The van der Waals surface area contributed by atoms with Crippen molar-refractivity contribution in [3.8, 4) is 0 Å². The fraction of sp³-hybridized carbons (Fsp3) is 0.400. The molecule has 1 fully saturated rings. The van der Waals surface area contributed by atoms with Crippen LogP contribution in [0, 0.1) is 0 Å². The van der Waals surface area contributed by atoms with Crippen LogP contribution in [0.25, 0.3) is 11.0 Å². The number of aromatic nitrogens is 6. The number of piperidine rings is 1. The summed E-state index contributed by atoms with van der Waals surface area (Å²) in [6.45, 7) is 1.66. The van der Waals surface area contributed by atoms with Crippen LogP contribution in [0.15, 0.2) is 36.9 Å². The van der Waals surface area contributed by atoms with E-state index in [9.17, 15) is 4.79 Å². The van der Waals surface area contributed by atoms with Gasteiger partial charge in [0.15, 0.2) is 0 Å². The average Bonchev–Trinajstić information content (AvgIpc) is 3.24. The highest BCUT2D eigenvalue weighted by molar-refractivity contribution is 5.77. The second-order valence-electron chi connectivity index (χ2n) is 5.74. The van der Waals surface area contributed by atoms with Crippen LogP contribution in [0.5, 0.6) is 0 Å². The number of fused-ring (bicyclic) bond motifs is 1. The van der Waals surface area contributed by atoms with Crippen molar-refractivity contribution in [1.29, 1.82) is 0 Å². The van der Waals surface area contributed by atoms with Crippen LogP contribution in [-0.4, -0.2) is 53.7 Å². The summed E-state index contributed by atoms with van der Waals surface area (Å²) < 4.78 is 2.02. The average molecular weight is 311 g/mol. The van der Waals surface area contributed by atoms with Crippen LogP contribution >= 0.6 is 0 Å². The summed E-state index contributed by atoms with van der Waals surface area (Å²) in [5, 5.41) is 16.4. The first kappa shape index (κ1) is 13.9. The molecule has 3 aromatic rings. The van der Waals surface area contributed by atoms with Crippen LogP contribution in [0.3, 0.4) is 0 Å². The first-order chi connectivity index (χ1) is 11.3. The quantitative estimate of drug-likeness (QED) is 0.717. The number of carbonyl (C=O) groups is 1. The van der Waals surface area contributed by atoms with Gasteiger partial charge in [-0.3, -0.25) is 4.79 Å². The molecule has 1 aliphatic heterocycles. The molecule has 0 saturated carbocycles. The van der Waals surface area contributed by atoms with Crippen molar-refractivity contribution >= 4 is 16.9 Å². The normalized spacial score (nSPS) is 16.1. The number of nitrogens with zero attached hydrogens (tertiary/aromatic N) is 7. The number of hydrogen-bond donors (Lipinski definition) is 0. The maximum atomic E-state index is 12.4. The van der Waals surface area contributed by atoms with E-state index < -0.39 is 0 Å². The lowest BCUT2D eigenvalue weighted by Gasteiger charge is -2.32. The van der Waals surface area contributed by atoms with Gasteiger partial charge in [0.25, 0.3) is 0 Å². The number of carbonyl (C=O) groups excluding carboxylic acids is 1. The van der Waals surface area contributed by atoms with Gasteiger partial charge in [0.05, 0.1) is 0 Å². The molecule has 8 heteroatoms. The van der Waals surface area contributed by atoms with Crippen LogP contribution in [0.1, 0.15) is 18.9 Å². The molecule has 0 N–H and O–H groups in total. The van der Waals surface area contributed by atoms with Crippen molar-refractivity contribution in [2.24, 2.45) is 0 Å². The van der Waals surface area contributed by atoms with Gasteiger partial charge in [-0.2, -0.15) is 15.0 Å². The molecule has 8 nitrogen and oxygen atoms in total. The van der Waals surface area contributed by atoms with E-state index in [0.717, 1.165) is 37.0 Å². The zero-order valence-corrected chi connectivity index (χ0v) is 12.6. The molecular formula is C15H17N7O. The molecule has 1 aliphatic rings. The Morgan fingerprint density at radius 3 is 2.26 bits per heavy atom. The molecule has 118 valence electrons. The van der Waals surface area contributed by atoms with Crippen molar-refractivity contribution in [3.05, 3.63) is 36.9 Å². The fourth-order valence-corrected chi connectivity index (χ4v) is 3.01. The maximum absolute atomic E-state index is 12.4. The summed E-state index contributed by atoms with van der Waals surface area (Å²) in [4.78, 5) is 15.8. The largest absolute Gasteiger partial charge is 0.341 e. The van der Waals surface area contributed by atoms with E-state index in [0.29, 0.717) is 6.04 Å². The zero-order valence-electron chi connectivity index (χ0n) is 12.6. The minimum atomic E-state index is 0.0625. The highest BCUT2D eigenvalue weighted by Gasteiger charge is 2.24. The number of amides is 1. The third kappa shape index (κ3) is 2.79. The van der Waals surface area contributed by atoms with E-state index in [2.05, 4.69) is 20.4 Å². The van der Waals surface area contributed by atoms with Crippen LogP contribution < -0.4 is 0 Å². The van der Waals surface area contributed by atoms with E-state index in [4.69, 9.17) is 0 Å². The molecule has 0 aliphatic carbocycles. The highest BCUT2D eigenvalue weighted by atomic mass is 16.2. The zero-order chi connectivity index (χ0) is 15.6. The van der Waals surface area contributed by atoms with E-state index >= 15 is 0 Å². The number of benzene rings is 1. The van der Waals surface area contributed by atoms with Crippen molar-refractivity contribution in [2.45, 2.75) is 25.4 Å². The summed E-state index contributed by atoms with van der Waals surface area (Å²) in [5.41, 5.74) is 1.62. The Morgan fingerprint density at radius 2 is 1.65 bits per heavy atom. The second-order valence-corrected chi connectivity index (χ2v) is 5.74. The number of hydrogen-bond acceptors (Lipinski definition) is 5. The second kappa shape index (κ2) is 5.79. The predicted molar refractivity (Wildman–Crippen MR) is 82.4 cm³/mol. The lowest BCUT2D eigenvalue weighted by molar-refractivity contribution is -0.133. The SMILES string of the molecule is O=C(Cn1nc2ccccc2n1)N1CCC(n2cnnc2)CC1. The van der Waals surface area contributed by atoms with E-state index in [1.165, 1.54) is 4.80 Å². The first-order valence-corrected chi connectivity index (χ1v) is 7.71. The lowest BCUT2D eigenvalue weighted by atomic mass is 10.1. The molecule has 3 heterocycles. The summed E-state index contributed by atoms with van der Waals surface area (Å²) in [6, 6.07) is 8.00. The van der Waals surface area contributed by atoms with Gasteiger partial charge in [-0.05, 0) is 25.0 Å². The molecule has 0 radical (unpaired) electrons. The Labute approximate surface area is 132 Å². The molecular weight excluding hydrogens is 294 g/mol. The van der Waals surface area contributed by atoms with Crippen LogP contribution in [-0.2, 0) is 11.3 Å². The molecule has 1 saturated heterocycles. The Hall–Kier alpha value is -2.77. The molecule has 1 aromatic carbocycles. The van der Waals surface area contributed by atoms with Gasteiger partial charge in [-0.1, -0.05) is 12.1 Å². The maximum Gasteiger partial charge on any atom is 0.246 e. The van der Waals surface area contributed by atoms with Gasteiger partial charge in [0.2, 0.25) is 5.91 Å².